The smallest absolute Gasteiger partial charge is 0.0751 e. The van der Waals surface area contributed by atoms with Gasteiger partial charge in [-0.25, -0.2) is 0 Å². The highest BCUT2D eigenvalue weighted by Gasteiger charge is 2.01. The molecule has 0 fully saturated rings. The number of halogens is 1. The Bertz CT molecular complexity index is 297. The third-order valence-corrected chi connectivity index (χ3v) is 2.04. The van der Waals surface area contributed by atoms with Gasteiger partial charge in [0, 0.05) is 10.6 Å². The van der Waals surface area contributed by atoms with Crippen LogP contribution in [0.1, 0.15) is 18.1 Å². The van der Waals surface area contributed by atoms with Gasteiger partial charge in [0.1, 0.15) is 0 Å². The van der Waals surface area contributed by atoms with E-state index in [1.165, 1.54) is 6.21 Å². The third kappa shape index (κ3) is 1.77. The van der Waals surface area contributed by atoms with E-state index >= 15 is 0 Å². The van der Waals surface area contributed by atoms with Gasteiger partial charge in [-0.1, -0.05) is 35.8 Å². The largest absolute Gasteiger partial charge is 0.411 e. The van der Waals surface area contributed by atoms with Crippen LogP contribution in [-0.2, 0) is 6.42 Å². The van der Waals surface area contributed by atoms with Crippen LogP contribution in [0.4, 0.5) is 0 Å². The molecule has 1 N–H and O–H groups in total. The second-order valence-corrected chi connectivity index (χ2v) is 2.82. The molecule has 0 aromatic heterocycles. The molecule has 2 nitrogen and oxygen atoms in total. The first-order valence-corrected chi connectivity index (χ1v) is 4.12. The highest BCUT2D eigenvalue weighted by atomic mass is 35.5. The summed E-state index contributed by atoms with van der Waals surface area (Å²) in [6.07, 6.45) is 2.24. The first kappa shape index (κ1) is 9.07. The minimum absolute atomic E-state index is 0.618. The van der Waals surface area contributed by atoms with Crippen molar-refractivity contribution in [3.8, 4) is 0 Å². The van der Waals surface area contributed by atoms with Crippen molar-refractivity contribution in [3.05, 3.63) is 34.3 Å². The second kappa shape index (κ2) is 4.12. The van der Waals surface area contributed by atoms with Gasteiger partial charge in [0.15, 0.2) is 0 Å². The lowest BCUT2D eigenvalue weighted by atomic mass is 10.1. The topological polar surface area (TPSA) is 32.6 Å². The molecule has 0 unspecified atom stereocenters. The van der Waals surface area contributed by atoms with Crippen molar-refractivity contribution >= 4 is 17.8 Å². The summed E-state index contributed by atoms with van der Waals surface area (Å²) in [7, 11) is 0. The maximum absolute atomic E-state index is 8.37. The normalized spacial score (nSPS) is 10.8. The SMILES string of the molecule is CCc1cccc(Cl)c1/C=N/O. The first-order chi connectivity index (χ1) is 5.79. The Morgan fingerprint density at radius 1 is 1.58 bits per heavy atom. The Hall–Kier alpha value is -1.02. The molecular formula is C9H10ClNO. The molecule has 0 saturated heterocycles. The fourth-order valence-corrected chi connectivity index (χ4v) is 1.34. The molecule has 0 aliphatic rings. The van der Waals surface area contributed by atoms with Crippen LogP contribution in [0.3, 0.4) is 0 Å². The summed E-state index contributed by atoms with van der Waals surface area (Å²) < 4.78 is 0. The number of hydrogen-bond acceptors (Lipinski definition) is 2. The van der Waals surface area contributed by atoms with Gasteiger partial charge < -0.3 is 5.21 Å². The molecule has 3 heteroatoms. The van der Waals surface area contributed by atoms with Crippen molar-refractivity contribution in [1.82, 2.24) is 0 Å². The Balaban J connectivity index is 3.19. The number of aryl methyl sites for hydroxylation is 1. The summed E-state index contributed by atoms with van der Waals surface area (Å²) in [4.78, 5) is 0. The third-order valence-electron chi connectivity index (χ3n) is 1.71. The van der Waals surface area contributed by atoms with E-state index < -0.39 is 0 Å². The summed E-state index contributed by atoms with van der Waals surface area (Å²) in [6, 6.07) is 5.62. The predicted octanol–water partition coefficient (Wildman–Crippen LogP) is 2.71. The van der Waals surface area contributed by atoms with E-state index in [4.69, 9.17) is 16.8 Å². The number of oxime groups is 1. The molecule has 0 saturated carbocycles. The Morgan fingerprint density at radius 2 is 2.33 bits per heavy atom. The van der Waals surface area contributed by atoms with Gasteiger partial charge in [-0.05, 0) is 18.1 Å². The van der Waals surface area contributed by atoms with Crippen LogP contribution in [0.25, 0.3) is 0 Å². The van der Waals surface area contributed by atoms with Gasteiger partial charge >= 0.3 is 0 Å². The molecule has 64 valence electrons. The molecule has 12 heavy (non-hydrogen) atoms. The van der Waals surface area contributed by atoms with Gasteiger partial charge in [-0.15, -0.1) is 0 Å². The Kier molecular flexibility index (Phi) is 3.11. The molecule has 0 heterocycles. The highest BCUT2D eigenvalue weighted by Crippen LogP contribution is 2.18. The Labute approximate surface area is 76.5 Å². The van der Waals surface area contributed by atoms with Crippen molar-refractivity contribution in [2.24, 2.45) is 5.16 Å². The molecule has 0 spiro atoms. The van der Waals surface area contributed by atoms with Gasteiger partial charge in [0.25, 0.3) is 0 Å². The van der Waals surface area contributed by atoms with Crippen LogP contribution in [0.15, 0.2) is 23.4 Å². The monoisotopic (exact) mass is 183 g/mol. The summed E-state index contributed by atoms with van der Waals surface area (Å²) in [5.74, 6) is 0. The number of hydrogen-bond donors (Lipinski definition) is 1. The molecule has 0 aliphatic carbocycles. The molecule has 0 bridgehead atoms. The van der Waals surface area contributed by atoms with E-state index in [-0.39, 0.29) is 0 Å². The second-order valence-electron chi connectivity index (χ2n) is 2.41. The van der Waals surface area contributed by atoms with Gasteiger partial charge in [0.2, 0.25) is 0 Å². The average Bonchev–Trinajstić information content (AvgIpc) is 2.09. The van der Waals surface area contributed by atoms with E-state index in [2.05, 4.69) is 5.16 Å². The summed E-state index contributed by atoms with van der Waals surface area (Å²) in [5, 5.41) is 12.0. The zero-order valence-electron chi connectivity index (χ0n) is 6.79. The minimum Gasteiger partial charge on any atom is -0.411 e. The highest BCUT2D eigenvalue weighted by molar-refractivity contribution is 6.33. The molecule has 0 amide bonds. The first-order valence-electron chi connectivity index (χ1n) is 3.74. The van der Waals surface area contributed by atoms with Crippen molar-refractivity contribution < 1.29 is 5.21 Å². The van der Waals surface area contributed by atoms with Crippen molar-refractivity contribution in [2.45, 2.75) is 13.3 Å². The Morgan fingerprint density at radius 3 is 2.92 bits per heavy atom. The maximum Gasteiger partial charge on any atom is 0.0751 e. The standard InChI is InChI=1S/C9H10ClNO/c1-2-7-4-3-5-9(10)8(7)6-11-12/h3-6,12H,2H2,1H3/b11-6+. The number of nitrogens with zero attached hydrogens (tertiary/aromatic N) is 1. The quantitative estimate of drug-likeness (QED) is 0.427. The summed E-state index contributed by atoms with van der Waals surface area (Å²) in [5.41, 5.74) is 1.88. The fourth-order valence-electron chi connectivity index (χ4n) is 1.09. The molecule has 1 aromatic rings. The molecule has 1 aromatic carbocycles. The van der Waals surface area contributed by atoms with Crippen LogP contribution >= 0.6 is 11.6 Å². The lowest BCUT2D eigenvalue weighted by Crippen LogP contribution is -1.91. The fraction of sp³-hybridized carbons (Fsp3) is 0.222. The van der Waals surface area contributed by atoms with Crippen LogP contribution in [-0.4, -0.2) is 11.4 Å². The van der Waals surface area contributed by atoms with E-state index in [1.807, 2.05) is 19.1 Å². The van der Waals surface area contributed by atoms with E-state index in [0.29, 0.717) is 5.02 Å². The average molecular weight is 184 g/mol. The molecule has 0 radical (unpaired) electrons. The lowest BCUT2D eigenvalue weighted by molar-refractivity contribution is 0.322. The summed E-state index contributed by atoms with van der Waals surface area (Å²) >= 11 is 5.88. The van der Waals surface area contributed by atoms with Crippen LogP contribution in [0.5, 0.6) is 0 Å². The number of rotatable bonds is 2. The van der Waals surface area contributed by atoms with Crippen molar-refractivity contribution in [2.75, 3.05) is 0 Å². The van der Waals surface area contributed by atoms with Crippen LogP contribution < -0.4 is 0 Å². The zero-order valence-corrected chi connectivity index (χ0v) is 7.54. The molecular weight excluding hydrogens is 174 g/mol. The molecule has 0 atom stereocenters. The summed E-state index contributed by atoms with van der Waals surface area (Å²) in [6.45, 7) is 2.03. The van der Waals surface area contributed by atoms with Crippen molar-refractivity contribution in [3.63, 3.8) is 0 Å². The maximum atomic E-state index is 8.37. The lowest BCUT2D eigenvalue weighted by Gasteiger charge is -2.03. The van der Waals surface area contributed by atoms with E-state index in [1.54, 1.807) is 6.07 Å². The van der Waals surface area contributed by atoms with Crippen LogP contribution in [0.2, 0.25) is 5.02 Å². The van der Waals surface area contributed by atoms with E-state index in [0.717, 1.165) is 17.5 Å². The predicted molar refractivity (Wildman–Crippen MR) is 50.2 cm³/mol. The van der Waals surface area contributed by atoms with Gasteiger partial charge in [-0.3, -0.25) is 0 Å². The van der Waals surface area contributed by atoms with Crippen molar-refractivity contribution in [1.29, 1.82) is 0 Å². The zero-order chi connectivity index (χ0) is 8.97. The minimum atomic E-state index is 0.618. The van der Waals surface area contributed by atoms with E-state index in [9.17, 15) is 0 Å². The van der Waals surface area contributed by atoms with Gasteiger partial charge in [-0.2, -0.15) is 0 Å². The van der Waals surface area contributed by atoms with Crippen LogP contribution in [0, 0.1) is 0 Å². The number of benzene rings is 1. The molecule has 1 rings (SSSR count). The molecule has 0 aliphatic heterocycles. The van der Waals surface area contributed by atoms with Gasteiger partial charge in [0.05, 0.1) is 6.21 Å².